The maximum absolute atomic E-state index is 5.30. The number of aromatic nitrogens is 1. The molecule has 1 aromatic heterocycles. The van der Waals surface area contributed by atoms with Gasteiger partial charge < -0.3 is 19.6 Å². The fourth-order valence-corrected chi connectivity index (χ4v) is 3.69. The number of hydrogen-bond donors (Lipinski definition) is 1. The Morgan fingerprint density at radius 1 is 1.19 bits per heavy atom. The van der Waals surface area contributed by atoms with Crippen molar-refractivity contribution in [1.82, 2.24) is 15.4 Å². The van der Waals surface area contributed by atoms with Gasteiger partial charge >= 0.3 is 0 Å². The molecule has 1 unspecified atom stereocenters. The van der Waals surface area contributed by atoms with Gasteiger partial charge in [0.25, 0.3) is 0 Å². The second kappa shape index (κ2) is 8.25. The number of rotatable bonds is 4. The van der Waals surface area contributed by atoms with Crippen LogP contribution in [0.15, 0.2) is 39.8 Å². The van der Waals surface area contributed by atoms with E-state index in [1.54, 1.807) is 0 Å². The number of benzene rings is 1. The van der Waals surface area contributed by atoms with E-state index in [-0.39, 0.29) is 0 Å². The fourth-order valence-electron chi connectivity index (χ4n) is 3.69. The number of hydrogen-bond acceptors (Lipinski definition) is 4. The van der Waals surface area contributed by atoms with Crippen LogP contribution in [0.25, 0.3) is 0 Å². The van der Waals surface area contributed by atoms with Crippen molar-refractivity contribution in [1.29, 1.82) is 0 Å². The highest BCUT2D eigenvalue weighted by molar-refractivity contribution is 5.80. The maximum atomic E-state index is 5.30. The molecule has 1 N–H and O–H groups in total. The molecule has 0 radical (unpaired) electrons. The molecule has 0 bridgehead atoms. The van der Waals surface area contributed by atoms with E-state index in [1.807, 2.05) is 20.9 Å². The van der Waals surface area contributed by atoms with Crippen molar-refractivity contribution in [2.45, 2.75) is 26.7 Å². The zero-order chi connectivity index (χ0) is 18.5. The predicted molar refractivity (Wildman–Crippen MR) is 106 cm³/mol. The highest BCUT2D eigenvalue weighted by atomic mass is 16.5. The van der Waals surface area contributed by atoms with Crippen LogP contribution in [0.3, 0.4) is 0 Å². The third-order valence-corrected chi connectivity index (χ3v) is 5.06. The molecule has 1 atom stereocenters. The molecule has 1 saturated heterocycles. The molecule has 26 heavy (non-hydrogen) atoms. The first kappa shape index (κ1) is 18.3. The SMILES string of the molecule is CN=C(NCC(C)c1c(C)noc1C)N1CCN(c2ccccc2)CC1. The second-order valence-electron chi connectivity index (χ2n) is 6.88. The van der Waals surface area contributed by atoms with E-state index in [9.17, 15) is 0 Å². The summed E-state index contributed by atoms with van der Waals surface area (Å²) in [5, 5.41) is 7.59. The molecule has 6 nitrogen and oxygen atoms in total. The number of piperazine rings is 1. The molecule has 3 rings (SSSR count). The monoisotopic (exact) mass is 355 g/mol. The molecular weight excluding hydrogens is 326 g/mol. The van der Waals surface area contributed by atoms with Crippen molar-refractivity contribution in [3.05, 3.63) is 47.3 Å². The van der Waals surface area contributed by atoms with Crippen molar-refractivity contribution in [3.63, 3.8) is 0 Å². The molecule has 0 amide bonds. The Balaban J connectivity index is 1.54. The van der Waals surface area contributed by atoms with Crippen LogP contribution in [0.2, 0.25) is 0 Å². The van der Waals surface area contributed by atoms with E-state index in [4.69, 9.17) is 4.52 Å². The third kappa shape index (κ3) is 4.00. The molecule has 0 saturated carbocycles. The van der Waals surface area contributed by atoms with Gasteiger partial charge in [-0.2, -0.15) is 0 Å². The summed E-state index contributed by atoms with van der Waals surface area (Å²) in [6.45, 7) is 10.9. The summed E-state index contributed by atoms with van der Waals surface area (Å²) in [6.07, 6.45) is 0. The maximum Gasteiger partial charge on any atom is 0.193 e. The molecular formula is C20H29N5O. The lowest BCUT2D eigenvalue weighted by Gasteiger charge is -2.38. The molecule has 6 heteroatoms. The third-order valence-electron chi connectivity index (χ3n) is 5.06. The van der Waals surface area contributed by atoms with Crippen molar-refractivity contribution >= 4 is 11.6 Å². The smallest absolute Gasteiger partial charge is 0.193 e. The van der Waals surface area contributed by atoms with Crippen LogP contribution < -0.4 is 10.2 Å². The van der Waals surface area contributed by atoms with Crippen molar-refractivity contribution in [2.24, 2.45) is 4.99 Å². The van der Waals surface area contributed by atoms with Gasteiger partial charge in [0.2, 0.25) is 0 Å². The lowest BCUT2D eigenvalue weighted by molar-refractivity contribution is 0.371. The molecule has 2 aromatic rings. The van der Waals surface area contributed by atoms with Gasteiger partial charge in [0.1, 0.15) is 5.76 Å². The Morgan fingerprint density at radius 2 is 1.88 bits per heavy atom. The number of nitrogens with zero attached hydrogens (tertiary/aromatic N) is 4. The summed E-state index contributed by atoms with van der Waals surface area (Å²) >= 11 is 0. The van der Waals surface area contributed by atoms with Gasteiger partial charge in [-0.25, -0.2) is 0 Å². The minimum absolute atomic E-state index is 0.323. The first-order valence-electron chi connectivity index (χ1n) is 9.28. The average Bonchev–Trinajstić information content (AvgIpc) is 3.01. The Labute approximate surface area is 155 Å². The Morgan fingerprint density at radius 3 is 2.46 bits per heavy atom. The number of aliphatic imine (C=N–C) groups is 1. The molecule has 1 aliphatic heterocycles. The molecule has 1 aromatic carbocycles. The fraction of sp³-hybridized carbons (Fsp3) is 0.500. The number of para-hydroxylation sites is 1. The number of aryl methyl sites for hydroxylation is 2. The zero-order valence-electron chi connectivity index (χ0n) is 16.2. The number of guanidine groups is 1. The van der Waals surface area contributed by atoms with Gasteiger partial charge in [-0.3, -0.25) is 4.99 Å². The van der Waals surface area contributed by atoms with Gasteiger partial charge in [0.15, 0.2) is 5.96 Å². The van der Waals surface area contributed by atoms with Crippen LogP contribution in [0.1, 0.15) is 29.9 Å². The normalized spacial score (nSPS) is 16.7. The van der Waals surface area contributed by atoms with Crippen molar-refractivity contribution in [2.75, 3.05) is 44.7 Å². The minimum Gasteiger partial charge on any atom is -0.368 e. The molecule has 2 heterocycles. The van der Waals surface area contributed by atoms with Gasteiger partial charge in [0, 0.05) is 56.9 Å². The van der Waals surface area contributed by atoms with Gasteiger partial charge in [-0.15, -0.1) is 0 Å². The van der Waals surface area contributed by atoms with E-state index >= 15 is 0 Å². The quantitative estimate of drug-likeness (QED) is 0.675. The summed E-state index contributed by atoms with van der Waals surface area (Å²) in [5.74, 6) is 2.20. The summed E-state index contributed by atoms with van der Waals surface area (Å²) in [7, 11) is 1.85. The summed E-state index contributed by atoms with van der Waals surface area (Å²) in [4.78, 5) is 9.24. The standard InChI is InChI=1S/C20H29N5O/c1-15(19-16(2)23-26-17(19)3)14-22-20(21-4)25-12-10-24(11-13-25)18-8-6-5-7-9-18/h5-9,15H,10-14H2,1-4H3,(H,21,22). The first-order valence-corrected chi connectivity index (χ1v) is 9.28. The second-order valence-corrected chi connectivity index (χ2v) is 6.88. The Kier molecular flexibility index (Phi) is 5.81. The molecule has 1 aliphatic rings. The van der Waals surface area contributed by atoms with E-state index < -0.39 is 0 Å². The molecule has 140 valence electrons. The highest BCUT2D eigenvalue weighted by Crippen LogP contribution is 2.22. The predicted octanol–water partition coefficient (Wildman–Crippen LogP) is 2.79. The van der Waals surface area contributed by atoms with E-state index in [0.29, 0.717) is 5.92 Å². The van der Waals surface area contributed by atoms with Crippen LogP contribution in [-0.2, 0) is 0 Å². The van der Waals surface area contributed by atoms with Gasteiger partial charge in [-0.1, -0.05) is 30.3 Å². The van der Waals surface area contributed by atoms with Crippen LogP contribution >= 0.6 is 0 Å². The summed E-state index contributed by atoms with van der Waals surface area (Å²) < 4.78 is 5.30. The summed E-state index contributed by atoms with van der Waals surface area (Å²) in [6, 6.07) is 10.6. The van der Waals surface area contributed by atoms with Crippen LogP contribution in [0.5, 0.6) is 0 Å². The zero-order valence-corrected chi connectivity index (χ0v) is 16.2. The van der Waals surface area contributed by atoms with Gasteiger partial charge in [0.05, 0.1) is 5.69 Å². The topological polar surface area (TPSA) is 56.9 Å². The lowest BCUT2D eigenvalue weighted by Crippen LogP contribution is -2.53. The molecule has 1 fully saturated rings. The van der Waals surface area contributed by atoms with E-state index in [2.05, 4.69) is 62.5 Å². The average molecular weight is 355 g/mol. The first-order chi connectivity index (χ1) is 12.6. The van der Waals surface area contributed by atoms with E-state index in [0.717, 1.165) is 50.1 Å². The minimum atomic E-state index is 0.323. The Hall–Kier alpha value is -2.50. The number of nitrogens with one attached hydrogen (secondary N) is 1. The summed E-state index contributed by atoms with van der Waals surface area (Å²) in [5.41, 5.74) is 3.47. The van der Waals surface area contributed by atoms with Crippen LogP contribution in [0, 0.1) is 13.8 Å². The lowest BCUT2D eigenvalue weighted by atomic mass is 10.00. The van der Waals surface area contributed by atoms with Crippen molar-refractivity contribution in [3.8, 4) is 0 Å². The van der Waals surface area contributed by atoms with Gasteiger partial charge in [-0.05, 0) is 26.0 Å². The van der Waals surface area contributed by atoms with Crippen LogP contribution in [-0.4, -0.2) is 55.8 Å². The number of anilines is 1. The highest BCUT2D eigenvalue weighted by Gasteiger charge is 2.21. The molecule has 0 aliphatic carbocycles. The van der Waals surface area contributed by atoms with E-state index in [1.165, 1.54) is 11.3 Å². The Bertz CT molecular complexity index is 712. The van der Waals surface area contributed by atoms with Crippen molar-refractivity contribution < 1.29 is 4.52 Å². The largest absolute Gasteiger partial charge is 0.368 e. The molecule has 0 spiro atoms. The van der Waals surface area contributed by atoms with Crippen LogP contribution in [0.4, 0.5) is 5.69 Å².